The van der Waals surface area contributed by atoms with Gasteiger partial charge in [0.25, 0.3) is 0 Å². The summed E-state index contributed by atoms with van der Waals surface area (Å²) in [5.74, 6) is 2.03. The first-order valence-corrected chi connectivity index (χ1v) is 8.28. The molecule has 1 aliphatic heterocycles. The van der Waals surface area contributed by atoms with Crippen molar-refractivity contribution in [3.63, 3.8) is 0 Å². The molecule has 2 aromatic rings. The van der Waals surface area contributed by atoms with E-state index in [1.165, 1.54) is 11.9 Å². The fraction of sp³-hybridized carbons (Fsp3) is 0.438. The summed E-state index contributed by atoms with van der Waals surface area (Å²) in [5, 5.41) is 0.428. The number of halogens is 1. The number of pyridine rings is 1. The van der Waals surface area contributed by atoms with Gasteiger partial charge in [-0.05, 0) is 25.7 Å². The third-order valence-electron chi connectivity index (χ3n) is 4.01. The normalized spacial score (nSPS) is 15.2. The Morgan fingerprint density at radius 2 is 1.79 bits per heavy atom. The molecule has 0 aliphatic carbocycles. The predicted octanol–water partition coefficient (Wildman–Crippen LogP) is 1.50. The highest BCUT2D eigenvalue weighted by Crippen LogP contribution is 2.28. The van der Waals surface area contributed by atoms with Crippen LogP contribution in [0.4, 0.5) is 17.5 Å². The molecular weight excluding hydrogens is 326 g/mol. The zero-order valence-corrected chi connectivity index (χ0v) is 14.7. The van der Waals surface area contributed by atoms with Gasteiger partial charge < -0.3 is 20.4 Å². The van der Waals surface area contributed by atoms with Gasteiger partial charge in [-0.3, -0.25) is 0 Å². The molecule has 7 nitrogen and oxygen atoms in total. The number of nitrogens with two attached hydrogens (primary N) is 1. The molecule has 0 atom stereocenters. The minimum Gasteiger partial charge on any atom is -0.382 e. The maximum absolute atomic E-state index is 6.22. The zero-order valence-electron chi connectivity index (χ0n) is 14.0. The van der Waals surface area contributed by atoms with Crippen molar-refractivity contribution in [2.45, 2.75) is 6.54 Å². The van der Waals surface area contributed by atoms with Gasteiger partial charge in [0.2, 0.25) is 0 Å². The lowest BCUT2D eigenvalue weighted by molar-refractivity contribution is 0.402. The summed E-state index contributed by atoms with van der Waals surface area (Å²) in [7, 11) is 4.11. The Labute approximate surface area is 147 Å². The molecule has 0 radical (unpaired) electrons. The van der Waals surface area contributed by atoms with Crippen molar-refractivity contribution in [3.05, 3.63) is 35.2 Å². The van der Waals surface area contributed by atoms with E-state index in [2.05, 4.69) is 55.9 Å². The zero-order chi connectivity index (χ0) is 17.1. The lowest BCUT2D eigenvalue weighted by atomic mass is 10.2. The van der Waals surface area contributed by atoms with E-state index in [-0.39, 0.29) is 0 Å². The van der Waals surface area contributed by atoms with Gasteiger partial charge in [-0.25, -0.2) is 15.0 Å². The van der Waals surface area contributed by atoms with E-state index in [0.29, 0.717) is 16.7 Å². The third kappa shape index (κ3) is 3.68. The van der Waals surface area contributed by atoms with Crippen LogP contribution in [0.15, 0.2) is 24.7 Å². The summed E-state index contributed by atoms with van der Waals surface area (Å²) >= 11 is 6.22. The number of nitrogen functional groups attached to an aromatic ring is 1. The third-order valence-corrected chi connectivity index (χ3v) is 4.37. The van der Waals surface area contributed by atoms with E-state index in [9.17, 15) is 0 Å². The Morgan fingerprint density at radius 3 is 2.42 bits per heavy atom. The number of piperazine rings is 1. The molecule has 3 heterocycles. The fourth-order valence-electron chi connectivity index (χ4n) is 2.80. The highest BCUT2D eigenvalue weighted by Gasteiger charge is 2.21. The second-order valence-electron chi connectivity index (χ2n) is 6.13. The van der Waals surface area contributed by atoms with Crippen molar-refractivity contribution in [1.29, 1.82) is 0 Å². The maximum atomic E-state index is 6.22. The molecule has 2 aromatic heterocycles. The average molecular weight is 348 g/mol. The second kappa shape index (κ2) is 7.19. The first kappa shape index (κ1) is 16.7. The quantitative estimate of drug-likeness (QED) is 0.898. The van der Waals surface area contributed by atoms with Crippen LogP contribution in [0.2, 0.25) is 5.02 Å². The van der Waals surface area contributed by atoms with Gasteiger partial charge >= 0.3 is 0 Å². The molecular formula is C16H22ClN7. The molecule has 1 saturated heterocycles. The summed E-state index contributed by atoms with van der Waals surface area (Å²) in [6.45, 7) is 4.25. The van der Waals surface area contributed by atoms with Crippen molar-refractivity contribution >= 4 is 29.1 Å². The van der Waals surface area contributed by atoms with Gasteiger partial charge in [-0.15, -0.1) is 0 Å². The van der Waals surface area contributed by atoms with Crippen LogP contribution in [0.3, 0.4) is 0 Å². The van der Waals surface area contributed by atoms with Crippen molar-refractivity contribution in [2.75, 3.05) is 55.8 Å². The highest BCUT2D eigenvalue weighted by molar-refractivity contribution is 6.35. The standard InChI is InChI=1S/C16H22ClN7/c1-22(2)10-12-3-4-13(19-9-12)23-5-7-24(8-6-23)16-14(17)15(18)20-11-21-16/h3-4,9,11H,5-8,10H2,1-2H3,(H2,18,20,21). The number of nitrogens with zero attached hydrogens (tertiary/aromatic N) is 6. The Bertz CT molecular complexity index is 681. The SMILES string of the molecule is CN(C)Cc1ccc(N2CCN(c3ncnc(N)c3Cl)CC2)nc1. The molecule has 0 aromatic carbocycles. The topological polar surface area (TPSA) is 74.4 Å². The van der Waals surface area contributed by atoms with Gasteiger partial charge in [0.15, 0.2) is 5.82 Å². The molecule has 1 aliphatic rings. The minimum atomic E-state index is 0.322. The van der Waals surface area contributed by atoms with Crippen LogP contribution in [0.5, 0.6) is 0 Å². The summed E-state index contributed by atoms with van der Waals surface area (Å²) in [5.41, 5.74) is 6.97. The first-order valence-electron chi connectivity index (χ1n) is 7.90. The van der Waals surface area contributed by atoms with Crippen LogP contribution in [0.25, 0.3) is 0 Å². The van der Waals surface area contributed by atoms with E-state index in [1.54, 1.807) is 0 Å². The molecule has 0 saturated carbocycles. The lowest BCUT2D eigenvalue weighted by Gasteiger charge is -2.36. The number of hydrogen-bond donors (Lipinski definition) is 1. The maximum Gasteiger partial charge on any atom is 0.153 e. The van der Waals surface area contributed by atoms with Crippen molar-refractivity contribution in [3.8, 4) is 0 Å². The van der Waals surface area contributed by atoms with Gasteiger partial charge in [-0.1, -0.05) is 17.7 Å². The smallest absolute Gasteiger partial charge is 0.153 e. The van der Waals surface area contributed by atoms with Crippen molar-refractivity contribution < 1.29 is 0 Å². The van der Waals surface area contributed by atoms with Gasteiger partial charge in [0.1, 0.15) is 23.0 Å². The molecule has 128 valence electrons. The van der Waals surface area contributed by atoms with E-state index in [1.807, 2.05) is 6.20 Å². The Morgan fingerprint density at radius 1 is 1.08 bits per heavy atom. The van der Waals surface area contributed by atoms with Crippen LogP contribution < -0.4 is 15.5 Å². The Hall–Kier alpha value is -2.12. The Balaban J connectivity index is 1.63. The number of aromatic nitrogens is 3. The van der Waals surface area contributed by atoms with Gasteiger partial charge in [0.05, 0.1) is 0 Å². The Kier molecular flexibility index (Phi) is 5.01. The minimum absolute atomic E-state index is 0.322. The summed E-state index contributed by atoms with van der Waals surface area (Å²) in [6.07, 6.45) is 3.40. The summed E-state index contributed by atoms with van der Waals surface area (Å²) in [6, 6.07) is 4.22. The molecule has 3 rings (SSSR count). The second-order valence-corrected chi connectivity index (χ2v) is 6.51. The average Bonchev–Trinajstić information content (AvgIpc) is 2.58. The molecule has 0 unspecified atom stereocenters. The summed E-state index contributed by atoms with van der Waals surface area (Å²) in [4.78, 5) is 19.3. The largest absolute Gasteiger partial charge is 0.382 e. The number of anilines is 3. The molecule has 24 heavy (non-hydrogen) atoms. The summed E-state index contributed by atoms with van der Waals surface area (Å²) < 4.78 is 0. The van der Waals surface area contributed by atoms with Crippen LogP contribution >= 0.6 is 11.6 Å². The molecule has 0 bridgehead atoms. The number of rotatable bonds is 4. The first-order chi connectivity index (χ1) is 11.5. The van der Waals surface area contributed by atoms with Crippen LogP contribution in [0, 0.1) is 0 Å². The molecule has 8 heteroatoms. The van der Waals surface area contributed by atoms with E-state index < -0.39 is 0 Å². The van der Waals surface area contributed by atoms with Crippen LogP contribution in [-0.2, 0) is 6.54 Å². The molecule has 1 fully saturated rings. The molecule has 2 N–H and O–H groups in total. The number of hydrogen-bond acceptors (Lipinski definition) is 7. The van der Waals surface area contributed by atoms with Crippen LogP contribution in [0.1, 0.15) is 5.56 Å². The predicted molar refractivity (Wildman–Crippen MR) is 97.5 cm³/mol. The van der Waals surface area contributed by atoms with Crippen molar-refractivity contribution in [2.24, 2.45) is 0 Å². The van der Waals surface area contributed by atoms with E-state index >= 15 is 0 Å². The monoisotopic (exact) mass is 347 g/mol. The lowest BCUT2D eigenvalue weighted by Crippen LogP contribution is -2.47. The molecule has 0 spiro atoms. The van der Waals surface area contributed by atoms with Crippen LogP contribution in [-0.4, -0.2) is 60.1 Å². The van der Waals surface area contributed by atoms with Gasteiger partial charge in [-0.2, -0.15) is 0 Å². The van der Waals surface area contributed by atoms with E-state index in [0.717, 1.165) is 38.5 Å². The fourth-order valence-corrected chi connectivity index (χ4v) is 3.02. The molecule has 0 amide bonds. The van der Waals surface area contributed by atoms with Crippen molar-refractivity contribution in [1.82, 2.24) is 19.9 Å². The van der Waals surface area contributed by atoms with Gasteiger partial charge in [0, 0.05) is 38.9 Å². The highest BCUT2D eigenvalue weighted by atomic mass is 35.5. The van der Waals surface area contributed by atoms with E-state index in [4.69, 9.17) is 17.3 Å².